The van der Waals surface area contributed by atoms with E-state index in [1.165, 1.54) is 23.5 Å². The van der Waals surface area contributed by atoms with E-state index >= 15 is 0 Å². The molecule has 1 aromatic carbocycles. The standard InChI is InChI=1S/C22H21F2N3O4S/c1-2-30-22(29)17-11-19(31-26-17)18-12-32-21(25-18)14-5-7-27(8-6-14)20(28)10-13-3-4-15(23)16(24)9-13/h3-4,9,11-12,14H,2,5-8,10H2,1H3. The van der Waals surface area contributed by atoms with Crippen LogP contribution < -0.4 is 0 Å². The molecule has 10 heteroatoms. The first-order valence-electron chi connectivity index (χ1n) is 10.3. The largest absolute Gasteiger partial charge is 0.461 e. The average Bonchev–Trinajstić information content (AvgIpc) is 3.46. The predicted molar refractivity (Wildman–Crippen MR) is 112 cm³/mol. The van der Waals surface area contributed by atoms with Crippen molar-refractivity contribution >= 4 is 23.2 Å². The Hall–Kier alpha value is -3.14. The van der Waals surface area contributed by atoms with E-state index in [1.807, 2.05) is 5.38 Å². The van der Waals surface area contributed by atoms with Gasteiger partial charge in [0.05, 0.1) is 18.0 Å². The van der Waals surface area contributed by atoms with Gasteiger partial charge in [-0.05, 0) is 37.5 Å². The Morgan fingerprint density at radius 1 is 1.22 bits per heavy atom. The number of benzene rings is 1. The lowest BCUT2D eigenvalue weighted by Gasteiger charge is -2.31. The molecule has 168 valence electrons. The van der Waals surface area contributed by atoms with E-state index < -0.39 is 17.6 Å². The zero-order valence-corrected chi connectivity index (χ0v) is 18.2. The van der Waals surface area contributed by atoms with Crippen molar-refractivity contribution in [3.63, 3.8) is 0 Å². The van der Waals surface area contributed by atoms with Crippen molar-refractivity contribution in [2.24, 2.45) is 0 Å². The molecule has 0 saturated carbocycles. The minimum Gasteiger partial charge on any atom is -0.461 e. The SMILES string of the molecule is CCOC(=O)c1cc(-c2csc(C3CCN(C(=O)Cc4ccc(F)c(F)c4)CC3)n2)on1. The molecule has 2 aromatic heterocycles. The number of likely N-dealkylation sites (tertiary alicyclic amines) is 1. The first-order chi connectivity index (χ1) is 15.4. The Labute approximate surface area is 187 Å². The molecule has 0 N–H and O–H groups in total. The van der Waals surface area contributed by atoms with E-state index in [2.05, 4.69) is 10.1 Å². The molecule has 0 radical (unpaired) electrons. The Bertz CT molecular complexity index is 1120. The van der Waals surface area contributed by atoms with Crippen molar-refractivity contribution in [1.82, 2.24) is 15.0 Å². The lowest BCUT2D eigenvalue weighted by molar-refractivity contribution is -0.131. The van der Waals surface area contributed by atoms with Gasteiger partial charge in [-0.3, -0.25) is 4.79 Å². The number of piperidine rings is 1. The van der Waals surface area contributed by atoms with Crippen LogP contribution in [0.5, 0.6) is 0 Å². The van der Waals surface area contributed by atoms with E-state index in [4.69, 9.17) is 9.26 Å². The van der Waals surface area contributed by atoms with E-state index in [0.717, 1.165) is 30.0 Å². The molecule has 1 aliphatic heterocycles. The van der Waals surface area contributed by atoms with Gasteiger partial charge >= 0.3 is 5.97 Å². The topological polar surface area (TPSA) is 85.5 Å². The van der Waals surface area contributed by atoms with Gasteiger partial charge in [0.1, 0.15) is 5.69 Å². The molecule has 0 bridgehead atoms. The number of thiazole rings is 1. The molecule has 1 saturated heterocycles. The van der Waals surface area contributed by atoms with Crippen molar-refractivity contribution in [3.8, 4) is 11.5 Å². The summed E-state index contributed by atoms with van der Waals surface area (Å²) in [6, 6.07) is 5.04. The zero-order valence-electron chi connectivity index (χ0n) is 17.3. The lowest BCUT2D eigenvalue weighted by atomic mass is 9.97. The summed E-state index contributed by atoms with van der Waals surface area (Å²) in [6.07, 6.45) is 1.54. The van der Waals surface area contributed by atoms with Crippen LogP contribution in [-0.4, -0.2) is 46.6 Å². The second-order valence-electron chi connectivity index (χ2n) is 7.45. The third-order valence-corrected chi connectivity index (χ3v) is 6.31. The highest BCUT2D eigenvalue weighted by atomic mass is 32.1. The van der Waals surface area contributed by atoms with Gasteiger partial charge < -0.3 is 14.2 Å². The van der Waals surface area contributed by atoms with Crippen molar-refractivity contribution in [2.75, 3.05) is 19.7 Å². The number of hydrogen-bond donors (Lipinski definition) is 0. The van der Waals surface area contributed by atoms with E-state index in [9.17, 15) is 18.4 Å². The van der Waals surface area contributed by atoms with Gasteiger partial charge in [-0.2, -0.15) is 0 Å². The van der Waals surface area contributed by atoms with Crippen molar-refractivity contribution in [3.05, 3.63) is 57.5 Å². The van der Waals surface area contributed by atoms with Gasteiger partial charge in [0.15, 0.2) is 23.1 Å². The fourth-order valence-corrected chi connectivity index (χ4v) is 4.58. The summed E-state index contributed by atoms with van der Waals surface area (Å²) in [5.41, 5.74) is 1.16. The van der Waals surface area contributed by atoms with Gasteiger partial charge in [0.2, 0.25) is 5.91 Å². The number of carbonyl (C=O) groups is 2. The summed E-state index contributed by atoms with van der Waals surface area (Å²) in [7, 11) is 0. The molecular formula is C22H21F2N3O4S. The number of ether oxygens (including phenoxy) is 1. The molecule has 0 unspecified atom stereocenters. The molecule has 0 aliphatic carbocycles. The maximum atomic E-state index is 13.4. The Balaban J connectivity index is 1.34. The molecular weight excluding hydrogens is 440 g/mol. The third kappa shape index (κ3) is 4.85. The van der Waals surface area contributed by atoms with Crippen LogP contribution >= 0.6 is 11.3 Å². The first-order valence-corrected chi connectivity index (χ1v) is 11.1. The van der Waals surface area contributed by atoms with Crippen LogP contribution in [0.4, 0.5) is 8.78 Å². The summed E-state index contributed by atoms with van der Waals surface area (Å²) in [5.74, 6) is -1.92. The van der Waals surface area contributed by atoms with Crippen LogP contribution in [0.2, 0.25) is 0 Å². The predicted octanol–water partition coefficient (Wildman–Crippen LogP) is 4.20. The molecule has 0 spiro atoms. The van der Waals surface area contributed by atoms with E-state index in [0.29, 0.717) is 30.1 Å². The monoisotopic (exact) mass is 461 g/mol. The highest BCUT2D eigenvalue weighted by Gasteiger charge is 2.26. The third-order valence-electron chi connectivity index (χ3n) is 5.31. The van der Waals surface area contributed by atoms with E-state index in [1.54, 1.807) is 11.8 Å². The lowest BCUT2D eigenvalue weighted by Crippen LogP contribution is -2.38. The van der Waals surface area contributed by atoms with Crippen LogP contribution in [0.3, 0.4) is 0 Å². The molecule has 3 aromatic rings. The maximum absolute atomic E-state index is 13.4. The second-order valence-corrected chi connectivity index (χ2v) is 8.34. The van der Waals surface area contributed by atoms with Gasteiger partial charge in [-0.1, -0.05) is 11.2 Å². The number of nitrogens with zero attached hydrogens (tertiary/aromatic N) is 3. The Morgan fingerprint density at radius 2 is 2.00 bits per heavy atom. The van der Waals surface area contributed by atoms with Gasteiger partial charge in [-0.15, -0.1) is 11.3 Å². The minimum absolute atomic E-state index is 0.0392. The van der Waals surface area contributed by atoms with Crippen LogP contribution in [0.15, 0.2) is 34.2 Å². The molecule has 0 atom stereocenters. The first kappa shape index (κ1) is 22.1. The molecule has 4 rings (SSSR count). The average molecular weight is 461 g/mol. The van der Waals surface area contributed by atoms with Crippen molar-refractivity contribution in [2.45, 2.75) is 32.1 Å². The number of esters is 1. The van der Waals surface area contributed by atoms with Crippen LogP contribution in [0.25, 0.3) is 11.5 Å². The Morgan fingerprint density at radius 3 is 2.72 bits per heavy atom. The van der Waals surface area contributed by atoms with Gasteiger partial charge in [0.25, 0.3) is 0 Å². The summed E-state index contributed by atoms with van der Waals surface area (Å²) in [4.78, 5) is 30.7. The van der Waals surface area contributed by atoms with Crippen LogP contribution in [0, 0.1) is 11.6 Å². The van der Waals surface area contributed by atoms with Crippen LogP contribution in [0.1, 0.15) is 46.7 Å². The number of halogens is 2. The number of aromatic nitrogens is 2. The molecule has 7 nitrogen and oxygen atoms in total. The number of carbonyl (C=O) groups excluding carboxylic acids is 2. The van der Waals surface area contributed by atoms with Gasteiger partial charge in [0, 0.05) is 30.5 Å². The number of rotatable bonds is 6. The highest BCUT2D eigenvalue weighted by molar-refractivity contribution is 7.10. The molecule has 1 amide bonds. The van der Waals surface area contributed by atoms with E-state index in [-0.39, 0.29) is 30.5 Å². The van der Waals surface area contributed by atoms with Crippen molar-refractivity contribution < 1.29 is 27.6 Å². The molecule has 3 heterocycles. The molecule has 1 aliphatic rings. The van der Waals surface area contributed by atoms with Crippen molar-refractivity contribution in [1.29, 1.82) is 0 Å². The smallest absolute Gasteiger partial charge is 0.360 e. The van der Waals surface area contributed by atoms with Crippen LogP contribution in [-0.2, 0) is 16.0 Å². The Kier molecular flexibility index (Phi) is 6.59. The van der Waals surface area contributed by atoms with Gasteiger partial charge in [-0.25, -0.2) is 18.6 Å². The zero-order chi connectivity index (χ0) is 22.7. The normalized spacial score (nSPS) is 14.5. The molecule has 32 heavy (non-hydrogen) atoms. The summed E-state index contributed by atoms with van der Waals surface area (Å²) in [5, 5.41) is 6.52. The minimum atomic E-state index is -0.949. The fourth-order valence-electron chi connectivity index (χ4n) is 3.60. The molecule has 1 fully saturated rings. The maximum Gasteiger partial charge on any atom is 0.360 e. The summed E-state index contributed by atoms with van der Waals surface area (Å²) < 4.78 is 36.6. The summed E-state index contributed by atoms with van der Waals surface area (Å²) in [6.45, 7) is 3.10. The fraction of sp³-hybridized carbons (Fsp3) is 0.364. The highest BCUT2D eigenvalue weighted by Crippen LogP contribution is 2.33. The number of amides is 1. The number of hydrogen-bond acceptors (Lipinski definition) is 7. The second kappa shape index (κ2) is 9.56. The summed E-state index contributed by atoms with van der Waals surface area (Å²) >= 11 is 1.50. The quantitative estimate of drug-likeness (QED) is 0.512.